The molecule has 138 valence electrons. The van der Waals surface area contributed by atoms with Crippen molar-refractivity contribution in [2.45, 2.75) is 39.2 Å². The van der Waals surface area contributed by atoms with Gasteiger partial charge in [0, 0.05) is 5.69 Å². The van der Waals surface area contributed by atoms with Crippen LogP contribution in [0.2, 0.25) is 0 Å². The molecule has 26 heavy (non-hydrogen) atoms. The molecule has 0 aromatic heterocycles. The van der Waals surface area contributed by atoms with Crippen molar-refractivity contribution in [1.29, 1.82) is 0 Å². The van der Waals surface area contributed by atoms with Crippen molar-refractivity contribution < 1.29 is 14.3 Å². The van der Waals surface area contributed by atoms with Gasteiger partial charge in [-0.05, 0) is 30.0 Å². The number of rotatable bonds is 7. The number of alkyl carbamates (subject to hydrolysis) is 1. The number of carbonyl (C=O) groups is 2. The summed E-state index contributed by atoms with van der Waals surface area (Å²) in [6.45, 7) is 6.19. The molecule has 0 spiro atoms. The molecule has 0 fully saturated rings. The fourth-order valence-corrected chi connectivity index (χ4v) is 2.75. The summed E-state index contributed by atoms with van der Waals surface area (Å²) < 4.78 is 4.96. The maximum absolute atomic E-state index is 12.6. The second kappa shape index (κ2) is 9.61. The summed E-state index contributed by atoms with van der Waals surface area (Å²) in [5.41, 5.74) is 2.73. The molecule has 0 aliphatic heterocycles. The highest BCUT2D eigenvalue weighted by Crippen LogP contribution is 2.25. The molecule has 0 heterocycles. The first-order chi connectivity index (χ1) is 12.5. The number of hydrogen-bond donors (Lipinski definition) is 2. The Morgan fingerprint density at radius 3 is 2.31 bits per heavy atom. The molecule has 0 saturated carbocycles. The Morgan fingerprint density at radius 1 is 1.00 bits per heavy atom. The number of ether oxygens (including phenoxy) is 1. The van der Waals surface area contributed by atoms with Gasteiger partial charge in [-0.25, -0.2) is 4.79 Å². The third-order valence-electron chi connectivity index (χ3n) is 4.02. The van der Waals surface area contributed by atoms with Crippen LogP contribution in [0.25, 0.3) is 0 Å². The van der Waals surface area contributed by atoms with Gasteiger partial charge < -0.3 is 15.4 Å². The first kappa shape index (κ1) is 19.5. The Bertz CT molecular complexity index is 729. The maximum atomic E-state index is 12.6. The molecule has 2 rings (SSSR count). The van der Waals surface area contributed by atoms with Crippen LogP contribution in [0.5, 0.6) is 0 Å². The van der Waals surface area contributed by atoms with Gasteiger partial charge in [-0.1, -0.05) is 62.4 Å². The zero-order valence-corrected chi connectivity index (χ0v) is 15.5. The van der Waals surface area contributed by atoms with E-state index in [-0.39, 0.29) is 18.9 Å². The first-order valence-electron chi connectivity index (χ1n) is 8.88. The molecule has 2 aromatic rings. The minimum absolute atomic E-state index is 0.120. The first-order valence-corrected chi connectivity index (χ1v) is 8.88. The van der Waals surface area contributed by atoms with Crippen LogP contribution in [0.15, 0.2) is 54.6 Å². The third-order valence-corrected chi connectivity index (χ3v) is 4.02. The second-order valence-corrected chi connectivity index (χ2v) is 6.32. The molecule has 1 atom stereocenters. The number of carbonyl (C=O) groups excluding carboxylic acids is 2. The molecule has 0 unspecified atom stereocenters. The Labute approximate surface area is 154 Å². The third kappa shape index (κ3) is 5.62. The van der Waals surface area contributed by atoms with Crippen LogP contribution in [-0.4, -0.2) is 18.6 Å². The number of amides is 2. The van der Waals surface area contributed by atoms with Crippen LogP contribution in [0.1, 0.15) is 50.3 Å². The van der Waals surface area contributed by atoms with Crippen LogP contribution >= 0.6 is 0 Å². The van der Waals surface area contributed by atoms with E-state index in [2.05, 4.69) is 24.5 Å². The topological polar surface area (TPSA) is 67.4 Å². The molecule has 0 radical (unpaired) electrons. The van der Waals surface area contributed by atoms with Crippen LogP contribution < -0.4 is 10.6 Å². The Balaban J connectivity index is 2.12. The lowest BCUT2D eigenvalue weighted by atomic mass is 10.0. The maximum Gasteiger partial charge on any atom is 0.407 e. The van der Waals surface area contributed by atoms with Crippen LogP contribution in [0.3, 0.4) is 0 Å². The van der Waals surface area contributed by atoms with E-state index in [1.165, 1.54) is 0 Å². The predicted molar refractivity (Wildman–Crippen MR) is 103 cm³/mol. The van der Waals surface area contributed by atoms with E-state index in [1.807, 2.05) is 54.6 Å². The fourth-order valence-electron chi connectivity index (χ4n) is 2.75. The van der Waals surface area contributed by atoms with Gasteiger partial charge in [0.2, 0.25) is 5.91 Å². The number of para-hydroxylation sites is 1. The van der Waals surface area contributed by atoms with E-state index < -0.39 is 12.1 Å². The summed E-state index contributed by atoms with van der Waals surface area (Å²) in [6.07, 6.45) is -0.411. The van der Waals surface area contributed by atoms with Crippen molar-refractivity contribution >= 4 is 17.7 Å². The minimum atomic E-state index is -0.531. The second-order valence-electron chi connectivity index (χ2n) is 6.32. The molecular formula is C21H26N2O3. The monoisotopic (exact) mass is 354 g/mol. The van der Waals surface area contributed by atoms with Crippen LogP contribution in [-0.2, 0) is 9.53 Å². The van der Waals surface area contributed by atoms with Crippen LogP contribution in [0.4, 0.5) is 10.5 Å². The lowest BCUT2D eigenvalue weighted by Gasteiger charge is -2.19. The number of benzene rings is 2. The zero-order chi connectivity index (χ0) is 18.9. The Morgan fingerprint density at radius 2 is 1.65 bits per heavy atom. The smallest absolute Gasteiger partial charge is 0.407 e. The lowest BCUT2D eigenvalue weighted by Crippen LogP contribution is -2.32. The molecule has 0 saturated heterocycles. The average molecular weight is 354 g/mol. The van der Waals surface area contributed by atoms with Crippen molar-refractivity contribution in [3.63, 3.8) is 0 Å². The van der Waals surface area contributed by atoms with Crippen molar-refractivity contribution in [3.05, 3.63) is 65.7 Å². The van der Waals surface area contributed by atoms with Gasteiger partial charge in [0.1, 0.15) is 0 Å². The predicted octanol–water partition coefficient (Wildman–Crippen LogP) is 4.63. The summed E-state index contributed by atoms with van der Waals surface area (Å²) >= 11 is 0. The quantitative estimate of drug-likeness (QED) is 0.762. The molecular weight excluding hydrogens is 328 g/mol. The molecule has 0 bridgehead atoms. The van der Waals surface area contributed by atoms with Gasteiger partial charge >= 0.3 is 6.09 Å². The summed E-state index contributed by atoms with van der Waals surface area (Å²) in [5, 5.41) is 5.73. The van der Waals surface area contributed by atoms with E-state index in [0.717, 1.165) is 16.8 Å². The number of hydrogen-bond acceptors (Lipinski definition) is 3. The average Bonchev–Trinajstić information content (AvgIpc) is 2.62. The molecule has 0 aliphatic carbocycles. The van der Waals surface area contributed by atoms with Crippen molar-refractivity contribution in [2.75, 3.05) is 11.9 Å². The lowest BCUT2D eigenvalue weighted by molar-refractivity contribution is -0.116. The fraction of sp³-hybridized carbons (Fsp3) is 0.333. The largest absolute Gasteiger partial charge is 0.450 e. The van der Waals surface area contributed by atoms with Crippen molar-refractivity contribution in [1.82, 2.24) is 5.32 Å². The van der Waals surface area contributed by atoms with E-state index in [0.29, 0.717) is 5.92 Å². The summed E-state index contributed by atoms with van der Waals surface area (Å²) in [7, 11) is 0. The molecule has 5 nitrogen and oxygen atoms in total. The van der Waals surface area contributed by atoms with E-state index in [1.54, 1.807) is 6.92 Å². The molecule has 2 N–H and O–H groups in total. The van der Waals surface area contributed by atoms with Gasteiger partial charge in [0.15, 0.2) is 0 Å². The number of nitrogens with one attached hydrogen (secondary N) is 2. The SMILES string of the molecule is CCOC(=O)N[C@H](CC(=O)Nc1ccccc1C(C)C)c1ccccc1. The highest BCUT2D eigenvalue weighted by molar-refractivity contribution is 5.92. The normalized spacial score (nSPS) is 11.7. The Kier molecular flexibility index (Phi) is 7.21. The molecule has 5 heteroatoms. The van der Waals surface area contributed by atoms with Gasteiger partial charge in [-0.2, -0.15) is 0 Å². The highest BCUT2D eigenvalue weighted by atomic mass is 16.5. The van der Waals surface area contributed by atoms with E-state index in [9.17, 15) is 9.59 Å². The Hall–Kier alpha value is -2.82. The van der Waals surface area contributed by atoms with Gasteiger partial charge in [0.25, 0.3) is 0 Å². The highest BCUT2D eigenvalue weighted by Gasteiger charge is 2.19. The summed E-state index contributed by atoms with van der Waals surface area (Å²) in [6, 6.07) is 16.7. The number of anilines is 1. The van der Waals surface area contributed by atoms with Gasteiger partial charge in [-0.15, -0.1) is 0 Å². The minimum Gasteiger partial charge on any atom is -0.450 e. The van der Waals surface area contributed by atoms with E-state index >= 15 is 0 Å². The van der Waals surface area contributed by atoms with Crippen molar-refractivity contribution in [3.8, 4) is 0 Å². The van der Waals surface area contributed by atoms with Gasteiger partial charge in [0.05, 0.1) is 19.1 Å². The van der Waals surface area contributed by atoms with Crippen LogP contribution in [0, 0.1) is 0 Å². The molecule has 2 amide bonds. The van der Waals surface area contributed by atoms with E-state index in [4.69, 9.17) is 4.74 Å². The van der Waals surface area contributed by atoms with Crippen molar-refractivity contribution in [2.24, 2.45) is 0 Å². The molecule has 0 aliphatic rings. The standard InChI is InChI=1S/C21H26N2O3/c1-4-26-21(25)23-19(16-10-6-5-7-11-16)14-20(24)22-18-13-9-8-12-17(18)15(2)3/h5-13,15,19H,4,14H2,1-3H3,(H,22,24)(H,23,25)/t19-/m1/s1. The molecule has 2 aromatic carbocycles. The zero-order valence-electron chi connectivity index (χ0n) is 15.5. The van der Waals surface area contributed by atoms with Gasteiger partial charge in [-0.3, -0.25) is 4.79 Å². The summed E-state index contributed by atoms with van der Waals surface area (Å²) in [5.74, 6) is 0.137. The summed E-state index contributed by atoms with van der Waals surface area (Å²) in [4.78, 5) is 24.5.